The largest absolute Gasteiger partial charge is 0.383 e. The molecule has 0 fully saturated rings. The van der Waals surface area contributed by atoms with Crippen molar-refractivity contribution in [2.75, 3.05) is 44.5 Å². The average Bonchev–Trinajstić information content (AvgIpc) is 2.41. The summed E-state index contributed by atoms with van der Waals surface area (Å²) >= 11 is 0. The average molecular weight is 271 g/mol. The smallest absolute Gasteiger partial charge is 0.224 e. The van der Waals surface area contributed by atoms with Crippen molar-refractivity contribution < 1.29 is 13.9 Å². The SMILES string of the molecule is CNc1ncc(F)c(NCCC(=O)NCCOC)n1. The van der Waals surface area contributed by atoms with Crippen LogP contribution in [0.2, 0.25) is 0 Å². The topological polar surface area (TPSA) is 88.2 Å². The summed E-state index contributed by atoms with van der Waals surface area (Å²) < 4.78 is 18.1. The number of carbonyl (C=O) groups is 1. The number of rotatable bonds is 8. The Balaban J connectivity index is 2.34. The zero-order valence-corrected chi connectivity index (χ0v) is 11.0. The van der Waals surface area contributed by atoms with Gasteiger partial charge in [-0.2, -0.15) is 4.98 Å². The first kappa shape index (κ1) is 15.1. The molecule has 0 saturated carbocycles. The van der Waals surface area contributed by atoms with E-state index < -0.39 is 5.82 Å². The molecule has 0 atom stereocenters. The fraction of sp³-hybridized carbons (Fsp3) is 0.545. The molecule has 19 heavy (non-hydrogen) atoms. The molecule has 0 aromatic carbocycles. The third-order valence-corrected chi connectivity index (χ3v) is 2.24. The van der Waals surface area contributed by atoms with Crippen molar-refractivity contribution in [3.05, 3.63) is 12.0 Å². The Hall–Kier alpha value is -1.96. The molecule has 106 valence electrons. The Morgan fingerprint density at radius 1 is 1.47 bits per heavy atom. The van der Waals surface area contributed by atoms with E-state index in [0.29, 0.717) is 19.1 Å². The number of halogens is 1. The van der Waals surface area contributed by atoms with Gasteiger partial charge in [0, 0.05) is 33.7 Å². The summed E-state index contributed by atoms with van der Waals surface area (Å²) in [6.45, 7) is 1.21. The molecular formula is C11H18FN5O2. The first-order chi connectivity index (χ1) is 9.17. The lowest BCUT2D eigenvalue weighted by Crippen LogP contribution is -2.28. The van der Waals surface area contributed by atoms with E-state index in [1.54, 1.807) is 14.2 Å². The molecule has 7 nitrogen and oxygen atoms in total. The van der Waals surface area contributed by atoms with E-state index in [4.69, 9.17) is 4.74 Å². The van der Waals surface area contributed by atoms with Crippen molar-refractivity contribution in [3.63, 3.8) is 0 Å². The Kier molecular flexibility index (Phi) is 6.51. The van der Waals surface area contributed by atoms with Gasteiger partial charge in [-0.25, -0.2) is 9.37 Å². The molecule has 0 aliphatic rings. The lowest BCUT2D eigenvalue weighted by atomic mass is 10.4. The molecule has 1 heterocycles. The van der Waals surface area contributed by atoms with Gasteiger partial charge < -0.3 is 20.7 Å². The highest BCUT2D eigenvalue weighted by Gasteiger charge is 2.06. The van der Waals surface area contributed by atoms with E-state index in [1.165, 1.54) is 0 Å². The van der Waals surface area contributed by atoms with E-state index in [-0.39, 0.29) is 24.7 Å². The summed E-state index contributed by atoms with van der Waals surface area (Å²) in [5.41, 5.74) is 0. The second-order valence-electron chi connectivity index (χ2n) is 3.66. The molecular weight excluding hydrogens is 253 g/mol. The van der Waals surface area contributed by atoms with E-state index in [9.17, 15) is 9.18 Å². The number of aromatic nitrogens is 2. The molecule has 1 amide bonds. The van der Waals surface area contributed by atoms with E-state index in [1.807, 2.05) is 0 Å². The number of nitrogens with one attached hydrogen (secondary N) is 3. The van der Waals surface area contributed by atoms with Crippen LogP contribution in [0.3, 0.4) is 0 Å². The molecule has 1 aromatic rings. The van der Waals surface area contributed by atoms with Gasteiger partial charge in [0.05, 0.1) is 12.8 Å². The van der Waals surface area contributed by atoms with Crippen molar-refractivity contribution in [1.29, 1.82) is 0 Å². The third-order valence-electron chi connectivity index (χ3n) is 2.24. The maximum Gasteiger partial charge on any atom is 0.224 e. The Bertz CT molecular complexity index is 416. The summed E-state index contributed by atoms with van der Waals surface area (Å²) in [4.78, 5) is 19.0. The minimum Gasteiger partial charge on any atom is -0.383 e. The number of amides is 1. The van der Waals surface area contributed by atoms with Crippen LogP contribution in [0.15, 0.2) is 6.20 Å². The number of hydrogen-bond acceptors (Lipinski definition) is 6. The fourth-order valence-corrected chi connectivity index (χ4v) is 1.29. The van der Waals surface area contributed by atoms with Crippen LogP contribution in [0.4, 0.5) is 16.2 Å². The predicted octanol–water partition coefficient (Wildman–Crippen LogP) is 0.222. The van der Waals surface area contributed by atoms with Gasteiger partial charge in [0.15, 0.2) is 11.6 Å². The molecule has 8 heteroatoms. The van der Waals surface area contributed by atoms with Crippen molar-refractivity contribution in [3.8, 4) is 0 Å². The molecule has 1 aromatic heterocycles. The van der Waals surface area contributed by atoms with Crippen LogP contribution in [0.1, 0.15) is 6.42 Å². The highest BCUT2D eigenvalue weighted by Crippen LogP contribution is 2.11. The monoisotopic (exact) mass is 271 g/mol. The van der Waals surface area contributed by atoms with Gasteiger partial charge in [-0.1, -0.05) is 0 Å². The van der Waals surface area contributed by atoms with Crippen molar-refractivity contribution in [1.82, 2.24) is 15.3 Å². The fourth-order valence-electron chi connectivity index (χ4n) is 1.29. The molecule has 0 unspecified atom stereocenters. The molecule has 0 spiro atoms. The molecule has 0 radical (unpaired) electrons. The summed E-state index contributed by atoms with van der Waals surface area (Å²) in [7, 11) is 3.20. The lowest BCUT2D eigenvalue weighted by Gasteiger charge is -2.08. The van der Waals surface area contributed by atoms with Crippen LogP contribution in [0, 0.1) is 5.82 Å². The maximum absolute atomic E-state index is 13.3. The number of ether oxygens (including phenoxy) is 1. The molecule has 3 N–H and O–H groups in total. The first-order valence-electron chi connectivity index (χ1n) is 5.87. The summed E-state index contributed by atoms with van der Waals surface area (Å²) in [6, 6.07) is 0. The Morgan fingerprint density at radius 2 is 2.26 bits per heavy atom. The summed E-state index contributed by atoms with van der Waals surface area (Å²) in [6.07, 6.45) is 1.29. The van der Waals surface area contributed by atoms with Gasteiger partial charge >= 0.3 is 0 Å². The molecule has 0 bridgehead atoms. The Morgan fingerprint density at radius 3 is 2.95 bits per heavy atom. The predicted molar refractivity (Wildman–Crippen MR) is 69.5 cm³/mol. The van der Waals surface area contributed by atoms with Crippen LogP contribution in [0.25, 0.3) is 0 Å². The number of carbonyl (C=O) groups excluding carboxylic acids is 1. The van der Waals surface area contributed by atoms with Crippen LogP contribution in [0.5, 0.6) is 0 Å². The quantitative estimate of drug-likeness (QED) is 0.586. The minimum atomic E-state index is -0.557. The van der Waals surface area contributed by atoms with Crippen molar-refractivity contribution in [2.45, 2.75) is 6.42 Å². The van der Waals surface area contributed by atoms with E-state index in [2.05, 4.69) is 25.9 Å². The van der Waals surface area contributed by atoms with Gasteiger partial charge in [-0.3, -0.25) is 4.79 Å². The second-order valence-corrected chi connectivity index (χ2v) is 3.66. The number of anilines is 2. The second kappa shape index (κ2) is 8.20. The summed E-state index contributed by atoms with van der Waals surface area (Å²) in [5.74, 6) is -0.302. The molecule has 0 saturated heterocycles. The third kappa shape index (κ3) is 5.47. The zero-order chi connectivity index (χ0) is 14.1. The molecule has 1 rings (SSSR count). The molecule has 0 aliphatic carbocycles. The van der Waals surface area contributed by atoms with Crippen molar-refractivity contribution >= 4 is 17.7 Å². The lowest BCUT2D eigenvalue weighted by molar-refractivity contribution is -0.121. The maximum atomic E-state index is 13.3. The van der Waals surface area contributed by atoms with Crippen LogP contribution < -0.4 is 16.0 Å². The van der Waals surface area contributed by atoms with Gasteiger partial charge in [0.1, 0.15) is 0 Å². The van der Waals surface area contributed by atoms with E-state index in [0.717, 1.165) is 6.20 Å². The number of methoxy groups -OCH3 is 1. The number of nitrogens with zero attached hydrogens (tertiary/aromatic N) is 2. The summed E-state index contributed by atoms with van der Waals surface area (Å²) in [5, 5.41) is 8.12. The highest BCUT2D eigenvalue weighted by atomic mass is 19.1. The Labute approximate surface area is 111 Å². The van der Waals surface area contributed by atoms with Crippen LogP contribution in [-0.2, 0) is 9.53 Å². The van der Waals surface area contributed by atoms with Crippen LogP contribution >= 0.6 is 0 Å². The van der Waals surface area contributed by atoms with Gasteiger partial charge in [0.25, 0.3) is 0 Å². The zero-order valence-electron chi connectivity index (χ0n) is 11.0. The standard InChI is InChI=1S/C11H18FN5O2/c1-13-11-16-7-8(12)10(17-11)15-4-3-9(18)14-5-6-19-2/h7H,3-6H2,1-2H3,(H,14,18)(H2,13,15,16,17). The van der Waals surface area contributed by atoms with Gasteiger partial charge in [0.2, 0.25) is 11.9 Å². The molecule has 0 aliphatic heterocycles. The number of hydrogen-bond donors (Lipinski definition) is 3. The highest BCUT2D eigenvalue weighted by molar-refractivity contribution is 5.76. The van der Waals surface area contributed by atoms with E-state index >= 15 is 0 Å². The van der Waals surface area contributed by atoms with Gasteiger partial charge in [-0.05, 0) is 0 Å². The van der Waals surface area contributed by atoms with Crippen LogP contribution in [-0.4, -0.2) is 49.7 Å². The van der Waals surface area contributed by atoms with Gasteiger partial charge in [-0.15, -0.1) is 0 Å². The minimum absolute atomic E-state index is 0.0732. The normalized spacial score (nSPS) is 10.1. The van der Waals surface area contributed by atoms with Crippen molar-refractivity contribution in [2.24, 2.45) is 0 Å². The first-order valence-corrected chi connectivity index (χ1v) is 5.87.